The van der Waals surface area contributed by atoms with Crippen molar-refractivity contribution in [3.05, 3.63) is 12.2 Å². The summed E-state index contributed by atoms with van der Waals surface area (Å²) in [5.41, 5.74) is 0. The number of carbonyl (C=O) groups is 1. The summed E-state index contributed by atoms with van der Waals surface area (Å²) in [6.07, 6.45) is 11.7. The third-order valence-corrected chi connectivity index (χ3v) is 1.86. The first kappa shape index (κ1) is 8.86. The van der Waals surface area contributed by atoms with Crippen molar-refractivity contribution in [2.45, 2.75) is 19.3 Å². The fraction of sp³-hybridized carbons (Fsp3) is 0.500. The smallest absolute Gasteiger partial charge is 0.307 e. The maximum atomic E-state index is 11.0. The van der Waals surface area contributed by atoms with E-state index < -0.39 is 0 Å². The molecule has 0 aromatic rings. The normalized spacial score (nSPS) is 20.4. The zero-order valence-electron chi connectivity index (χ0n) is 6.95. The summed E-state index contributed by atoms with van der Waals surface area (Å²) in [6, 6.07) is 0. The van der Waals surface area contributed by atoms with Crippen molar-refractivity contribution >= 4 is 5.97 Å². The zero-order valence-corrected chi connectivity index (χ0v) is 6.95. The standard InChI is InChI=1S/C10H12O2/c1-2-7-12-10(11)8-9-5-3-4-6-9/h1,3,5,9H,4,6-8H2. The molecular weight excluding hydrogens is 152 g/mol. The molecule has 2 nitrogen and oxygen atoms in total. The van der Waals surface area contributed by atoms with E-state index in [9.17, 15) is 4.79 Å². The fourth-order valence-electron chi connectivity index (χ4n) is 1.26. The third kappa shape index (κ3) is 2.79. The third-order valence-electron chi connectivity index (χ3n) is 1.86. The highest BCUT2D eigenvalue weighted by atomic mass is 16.5. The summed E-state index contributed by atoms with van der Waals surface area (Å²) in [6.45, 7) is 0.0925. The first-order valence-electron chi connectivity index (χ1n) is 4.08. The summed E-state index contributed by atoms with van der Waals surface area (Å²) in [4.78, 5) is 11.0. The van der Waals surface area contributed by atoms with Crippen molar-refractivity contribution < 1.29 is 9.53 Å². The van der Waals surface area contributed by atoms with Gasteiger partial charge in [-0.25, -0.2) is 0 Å². The number of terminal acetylenes is 1. The van der Waals surface area contributed by atoms with Gasteiger partial charge in [-0.1, -0.05) is 18.1 Å². The van der Waals surface area contributed by atoms with Gasteiger partial charge < -0.3 is 4.74 Å². The van der Waals surface area contributed by atoms with Crippen LogP contribution in [0.25, 0.3) is 0 Å². The first-order chi connectivity index (χ1) is 5.83. The molecule has 0 N–H and O–H groups in total. The lowest BCUT2D eigenvalue weighted by Crippen LogP contribution is -2.08. The molecule has 1 atom stereocenters. The summed E-state index contributed by atoms with van der Waals surface area (Å²) in [7, 11) is 0. The van der Waals surface area contributed by atoms with Crippen LogP contribution in [0.15, 0.2) is 12.2 Å². The van der Waals surface area contributed by atoms with Crippen LogP contribution < -0.4 is 0 Å². The Hall–Kier alpha value is -1.23. The average Bonchev–Trinajstić information content (AvgIpc) is 2.53. The minimum atomic E-state index is -0.190. The quantitative estimate of drug-likeness (QED) is 0.359. The Kier molecular flexibility index (Phi) is 3.40. The molecule has 12 heavy (non-hydrogen) atoms. The van der Waals surface area contributed by atoms with Crippen LogP contribution in [0.5, 0.6) is 0 Å². The van der Waals surface area contributed by atoms with Crippen LogP contribution in [0.2, 0.25) is 0 Å². The van der Waals surface area contributed by atoms with E-state index in [1.54, 1.807) is 0 Å². The molecule has 0 aromatic heterocycles. The second-order valence-corrected chi connectivity index (χ2v) is 2.83. The molecule has 0 heterocycles. The lowest BCUT2D eigenvalue weighted by molar-refractivity contribution is -0.142. The topological polar surface area (TPSA) is 26.3 Å². The molecule has 0 amide bonds. The van der Waals surface area contributed by atoms with Crippen molar-refractivity contribution in [2.24, 2.45) is 5.92 Å². The minimum Gasteiger partial charge on any atom is -0.452 e. The summed E-state index contributed by atoms with van der Waals surface area (Å²) in [5.74, 6) is 2.44. The summed E-state index contributed by atoms with van der Waals surface area (Å²) in [5, 5.41) is 0. The van der Waals surface area contributed by atoms with Crippen LogP contribution in [-0.4, -0.2) is 12.6 Å². The van der Waals surface area contributed by atoms with Crippen molar-refractivity contribution in [1.29, 1.82) is 0 Å². The van der Waals surface area contributed by atoms with Crippen LogP contribution >= 0.6 is 0 Å². The van der Waals surface area contributed by atoms with E-state index in [4.69, 9.17) is 11.2 Å². The molecule has 0 aromatic carbocycles. The van der Waals surface area contributed by atoms with E-state index in [-0.39, 0.29) is 12.6 Å². The molecule has 64 valence electrons. The molecule has 0 spiro atoms. The molecule has 0 saturated heterocycles. The minimum absolute atomic E-state index is 0.0925. The highest BCUT2D eigenvalue weighted by molar-refractivity contribution is 5.70. The van der Waals surface area contributed by atoms with Crippen LogP contribution in [0.1, 0.15) is 19.3 Å². The van der Waals surface area contributed by atoms with Gasteiger partial charge in [0.2, 0.25) is 0 Å². The van der Waals surface area contributed by atoms with E-state index in [1.165, 1.54) is 0 Å². The number of allylic oxidation sites excluding steroid dienone is 2. The summed E-state index contributed by atoms with van der Waals surface area (Å²) < 4.78 is 4.74. The highest BCUT2D eigenvalue weighted by Crippen LogP contribution is 2.20. The molecule has 1 rings (SSSR count). The van der Waals surface area contributed by atoms with Crippen molar-refractivity contribution in [1.82, 2.24) is 0 Å². The maximum absolute atomic E-state index is 11.0. The van der Waals surface area contributed by atoms with Crippen molar-refractivity contribution in [3.8, 4) is 12.3 Å². The zero-order chi connectivity index (χ0) is 8.81. The van der Waals surface area contributed by atoms with Crippen molar-refractivity contribution in [2.75, 3.05) is 6.61 Å². The number of ether oxygens (including phenoxy) is 1. The molecule has 1 aliphatic rings. The first-order valence-corrected chi connectivity index (χ1v) is 4.08. The van der Waals surface area contributed by atoms with Gasteiger partial charge in [0.05, 0.1) is 6.42 Å². The van der Waals surface area contributed by atoms with E-state index in [1.807, 2.05) is 0 Å². The average molecular weight is 164 g/mol. The lowest BCUT2D eigenvalue weighted by atomic mass is 10.1. The Morgan fingerprint density at radius 1 is 1.75 bits per heavy atom. The summed E-state index contributed by atoms with van der Waals surface area (Å²) >= 11 is 0. The number of hydrogen-bond acceptors (Lipinski definition) is 2. The van der Waals surface area contributed by atoms with Gasteiger partial charge in [-0.05, 0) is 18.8 Å². The molecule has 0 bridgehead atoms. The molecule has 1 unspecified atom stereocenters. The van der Waals surface area contributed by atoms with E-state index in [0.29, 0.717) is 12.3 Å². The lowest BCUT2D eigenvalue weighted by Gasteiger charge is -2.05. The Bertz CT molecular complexity index is 222. The van der Waals surface area contributed by atoms with Gasteiger partial charge in [-0.2, -0.15) is 0 Å². The number of hydrogen-bond donors (Lipinski definition) is 0. The van der Waals surface area contributed by atoms with E-state index >= 15 is 0 Å². The van der Waals surface area contributed by atoms with Gasteiger partial charge in [0.15, 0.2) is 6.61 Å². The van der Waals surface area contributed by atoms with Crippen LogP contribution in [0, 0.1) is 18.3 Å². The Morgan fingerprint density at radius 2 is 2.58 bits per heavy atom. The van der Waals surface area contributed by atoms with Crippen LogP contribution in [-0.2, 0) is 9.53 Å². The molecule has 0 aliphatic heterocycles. The van der Waals surface area contributed by atoms with Crippen LogP contribution in [0.4, 0.5) is 0 Å². The monoisotopic (exact) mass is 164 g/mol. The van der Waals surface area contributed by atoms with E-state index in [2.05, 4.69) is 18.1 Å². The number of esters is 1. The predicted octanol–water partition coefficient (Wildman–Crippen LogP) is 1.52. The Labute approximate surface area is 72.6 Å². The predicted molar refractivity (Wildman–Crippen MR) is 46.3 cm³/mol. The van der Waals surface area contributed by atoms with Gasteiger partial charge in [-0.3, -0.25) is 4.79 Å². The van der Waals surface area contributed by atoms with Gasteiger partial charge in [0, 0.05) is 0 Å². The Balaban J connectivity index is 2.18. The largest absolute Gasteiger partial charge is 0.452 e. The van der Waals surface area contributed by atoms with Crippen LogP contribution in [0.3, 0.4) is 0 Å². The molecular formula is C10H12O2. The number of rotatable bonds is 3. The fourth-order valence-corrected chi connectivity index (χ4v) is 1.26. The molecule has 2 heteroatoms. The van der Waals surface area contributed by atoms with Gasteiger partial charge in [0.1, 0.15) is 0 Å². The number of carbonyl (C=O) groups excluding carboxylic acids is 1. The van der Waals surface area contributed by atoms with Gasteiger partial charge >= 0.3 is 5.97 Å². The van der Waals surface area contributed by atoms with Gasteiger partial charge in [-0.15, -0.1) is 6.42 Å². The SMILES string of the molecule is C#CCOC(=O)CC1C=CCC1. The highest BCUT2D eigenvalue weighted by Gasteiger charge is 2.14. The second kappa shape index (κ2) is 4.61. The van der Waals surface area contributed by atoms with Gasteiger partial charge in [0.25, 0.3) is 0 Å². The maximum Gasteiger partial charge on any atom is 0.307 e. The van der Waals surface area contributed by atoms with E-state index in [0.717, 1.165) is 12.8 Å². The molecule has 0 radical (unpaired) electrons. The molecule has 0 saturated carbocycles. The Morgan fingerprint density at radius 3 is 3.17 bits per heavy atom. The van der Waals surface area contributed by atoms with Crippen molar-refractivity contribution in [3.63, 3.8) is 0 Å². The molecule has 0 fully saturated rings. The molecule has 1 aliphatic carbocycles. The second-order valence-electron chi connectivity index (χ2n) is 2.83.